The Morgan fingerprint density at radius 3 is 1.03 bits per heavy atom. The normalized spacial score (nSPS) is 17.7. The number of ether oxygens (including phenoxy) is 3. The number of carbonyl (C=O) groups is 9. The van der Waals surface area contributed by atoms with Crippen LogP contribution < -0.4 is 16.0 Å². The zero-order chi connectivity index (χ0) is 56.8. The van der Waals surface area contributed by atoms with Gasteiger partial charge in [-0.25, -0.2) is 14.4 Å². The molecule has 0 aliphatic carbocycles. The van der Waals surface area contributed by atoms with Crippen molar-refractivity contribution in [1.82, 2.24) is 30.7 Å². The van der Waals surface area contributed by atoms with Crippen LogP contribution in [0.1, 0.15) is 120 Å². The summed E-state index contributed by atoms with van der Waals surface area (Å²) < 4.78 is 43.4. The highest BCUT2D eigenvalue weighted by Crippen LogP contribution is 2.43. The summed E-state index contributed by atoms with van der Waals surface area (Å²) in [6.07, 6.45) is -5.54. The molecule has 26 nitrogen and oxygen atoms in total. The lowest BCUT2D eigenvalue weighted by Gasteiger charge is -2.28. The molecule has 1 saturated heterocycles. The van der Waals surface area contributed by atoms with Gasteiger partial charge in [-0.05, 0) is 81.6 Å². The SMILES string of the molecule is CC(C)(C)OC(=O)C(CCC(=O)O)NC(=O)CCP(O)CN1CCN(CP(=O)(O)CCC(=O)NC(CCC(=O)O)C(=O)OC(C)(C)C)CCN(CP(=O)(O)CCC(=O)NC(CCC(=O)O)C(=O)OC(C)(C)C)CC1. The molecule has 9 N–H and O–H groups in total. The highest BCUT2D eigenvalue weighted by Gasteiger charge is 2.33. The number of esters is 3. The molecule has 29 heteroatoms. The van der Waals surface area contributed by atoms with Crippen molar-refractivity contribution in [1.29, 1.82) is 0 Å². The number of carboxylic acid groups (broad SMARTS) is 3. The van der Waals surface area contributed by atoms with Gasteiger partial charge in [-0.2, -0.15) is 0 Å². The molecule has 1 aliphatic heterocycles. The van der Waals surface area contributed by atoms with E-state index in [0.29, 0.717) is 0 Å². The third-order valence-corrected chi connectivity index (χ3v) is 15.4. The van der Waals surface area contributed by atoms with Crippen LogP contribution >= 0.6 is 22.9 Å². The molecular weight excluding hydrogens is 1040 g/mol. The Labute approximate surface area is 434 Å². The summed E-state index contributed by atoms with van der Waals surface area (Å²) in [5, 5.41) is 34.8. The predicted molar refractivity (Wildman–Crippen MR) is 270 cm³/mol. The Hall–Kier alpha value is -4.12. The Morgan fingerprint density at radius 1 is 0.486 bits per heavy atom. The molecule has 0 aromatic heterocycles. The van der Waals surface area contributed by atoms with Gasteiger partial charge >= 0.3 is 35.8 Å². The van der Waals surface area contributed by atoms with Crippen LogP contribution in [0.2, 0.25) is 0 Å². The van der Waals surface area contributed by atoms with Crippen molar-refractivity contribution < 1.29 is 96.5 Å². The standard InChI is InChI=1S/C45H81N6O20P3/c1-43(2,3)69-40(61)31(10-13-37(55)56)46-34(52)16-25-72(64)28-49-19-21-50(29-73(65,66)26-17-35(53)47-32(11-14-38(57)58)41(62)70-44(4,5)6)23-24-51(22-20-49)30-74(67,68)27-18-36(54)48-33(12-15-39(59)60)42(63)71-45(7,8)9/h31-33,64H,10-30H2,1-9H3,(H,46,52)(H,47,53)(H,48,54)(H,55,56)(H,57,58)(H,59,60)(H,65,66)(H,67,68). The minimum Gasteiger partial charge on any atom is -0.481 e. The van der Waals surface area contributed by atoms with Crippen molar-refractivity contribution in [2.75, 3.05) is 76.6 Å². The van der Waals surface area contributed by atoms with E-state index in [9.17, 15) is 82.3 Å². The van der Waals surface area contributed by atoms with Crippen molar-refractivity contribution in [2.45, 2.75) is 155 Å². The lowest BCUT2D eigenvalue weighted by molar-refractivity contribution is -0.160. The van der Waals surface area contributed by atoms with E-state index < -0.39 is 168 Å². The second-order valence-electron chi connectivity index (χ2n) is 21.2. The molecule has 1 fully saturated rings. The van der Waals surface area contributed by atoms with Crippen LogP contribution in [0.4, 0.5) is 0 Å². The van der Waals surface area contributed by atoms with E-state index >= 15 is 0 Å². The second kappa shape index (κ2) is 31.2. The number of hydrogen-bond acceptors (Lipinski definition) is 18. The van der Waals surface area contributed by atoms with Gasteiger partial charge in [0.2, 0.25) is 32.5 Å². The van der Waals surface area contributed by atoms with E-state index in [2.05, 4.69) is 16.0 Å². The van der Waals surface area contributed by atoms with Gasteiger partial charge < -0.3 is 60.2 Å². The number of carboxylic acids is 3. The van der Waals surface area contributed by atoms with E-state index in [-0.39, 0.29) is 77.4 Å². The van der Waals surface area contributed by atoms with Crippen LogP contribution in [0.15, 0.2) is 0 Å². The molecule has 0 saturated carbocycles. The van der Waals surface area contributed by atoms with Crippen LogP contribution in [-0.4, -0.2) is 210 Å². The van der Waals surface area contributed by atoms with Gasteiger partial charge in [0, 0.05) is 111 Å². The first-order chi connectivity index (χ1) is 33.8. The van der Waals surface area contributed by atoms with Crippen LogP contribution in [0, 0.1) is 0 Å². The highest BCUT2D eigenvalue weighted by molar-refractivity contribution is 7.58. The summed E-state index contributed by atoms with van der Waals surface area (Å²) in [5.74, 6) is -8.47. The lowest BCUT2D eigenvalue weighted by atomic mass is 10.1. The van der Waals surface area contributed by atoms with E-state index in [1.165, 1.54) is 0 Å². The molecule has 6 unspecified atom stereocenters. The number of rotatable bonds is 30. The fraction of sp³-hybridized carbons (Fsp3) is 0.800. The maximum atomic E-state index is 13.7. The maximum absolute atomic E-state index is 13.7. The Kier molecular flexibility index (Phi) is 28.6. The zero-order valence-corrected chi connectivity index (χ0v) is 46.8. The average molecular weight is 1120 g/mol. The molecule has 0 aromatic carbocycles. The predicted octanol–water partition coefficient (Wildman–Crippen LogP) is 1.95. The third-order valence-electron chi connectivity index (χ3n) is 10.4. The topological polar surface area (TPSA) is 383 Å². The molecule has 3 amide bonds. The van der Waals surface area contributed by atoms with E-state index in [0.717, 1.165) is 0 Å². The molecule has 0 radical (unpaired) electrons. The fourth-order valence-corrected chi connectivity index (χ4v) is 11.5. The first kappa shape index (κ1) is 67.9. The summed E-state index contributed by atoms with van der Waals surface area (Å²) in [5.41, 5.74) is -2.84. The zero-order valence-electron chi connectivity index (χ0n) is 44.2. The Bertz CT molecular complexity index is 1920. The Balaban J connectivity index is 3.27. The largest absolute Gasteiger partial charge is 0.481 e. The van der Waals surface area contributed by atoms with Gasteiger partial charge in [-0.1, -0.05) is 0 Å². The van der Waals surface area contributed by atoms with E-state index in [4.69, 9.17) is 14.2 Å². The average Bonchev–Trinajstić information content (AvgIpc) is 3.31. The number of nitrogens with zero attached hydrogens (tertiary/aromatic N) is 3. The molecule has 0 spiro atoms. The summed E-state index contributed by atoms with van der Waals surface area (Å²) in [6, 6.07) is -3.95. The molecule has 0 aromatic rings. The van der Waals surface area contributed by atoms with Crippen molar-refractivity contribution >= 4 is 76.4 Å². The number of nitrogens with one attached hydrogen (secondary N) is 3. The van der Waals surface area contributed by atoms with Gasteiger partial charge in [0.1, 0.15) is 34.9 Å². The molecule has 1 aliphatic rings. The maximum Gasteiger partial charge on any atom is 0.329 e. The molecule has 6 atom stereocenters. The second-order valence-corrected chi connectivity index (χ2v) is 27.7. The van der Waals surface area contributed by atoms with Crippen LogP contribution in [-0.2, 0) is 66.5 Å². The number of hydrogen-bond donors (Lipinski definition) is 9. The smallest absolute Gasteiger partial charge is 0.329 e. The third kappa shape index (κ3) is 33.0. The minimum absolute atomic E-state index is 0.00804. The molecule has 1 heterocycles. The lowest BCUT2D eigenvalue weighted by Crippen LogP contribution is -2.44. The first-order valence-electron chi connectivity index (χ1n) is 24.3. The Morgan fingerprint density at radius 2 is 0.757 bits per heavy atom. The number of carbonyl (C=O) groups excluding carboxylic acids is 6. The van der Waals surface area contributed by atoms with E-state index in [1.54, 1.807) is 77.0 Å². The molecule has 74 heavy (non-hydrogen) atoms. The fourth-order valence-electron chi connectivity index (χ4n) is 6.93. The van der Waals surface area contributed by atoms with Crippen LogP contribution in [0.3, 0.4) is 0 Å². The molecule has 0 bridgehead atoms. The minimum atomic E-state index is -4.18. The molecular formula is C45H81N6O20P3. The van der Waals surface area contributed by atoms with Crippen molar-refractivity contribution in [3.8, 4) is 0 Å². The molecule has 426 valence electrons. The monoisotopic (exact) mass is 1120 g/mol. The summed E-state index contributed by atoms with van der Waals surface area (Å²) in [4.78, 5) is 150. The van der Waals surface area contributed by atoms with Crippen molar-refractivity contribution in [2.24, 2.45) is 0 Å². The number of amides is 3. The quantitative estimate of drug-likeness (QED) is 0.0282. The first-order valence-corrected chi connectivity index (χ1v) is 30.0. The van der Waals surface area contributed by atoms with Gasteiger partial charge in [-0.3, -0.25) is 52.6 Å². The van der Waals surface area contributed by atoms with Gasteiger partial charge in [-0.15, -0.1) is 0 Å². The van der Waals surface area contributed by atoms with Crippen LogP contribution in [0.25, 0.3) is 0 Å². The van der Waals surface area contributed by atoms with Gasteiger partial charge in [0.05, 0.1) is 12.6 Å². The number of aliphatic carboxylic acids is 3. The van der Waals surface area contributed by atoms with E-state index in [1.807, 2.05) is 0 Å². The van der Waals surface area contributed by atoms with Crippen molar-refractivity contribution in [3.63, 3.8) is 0 Å². The summed E-state index contributed by atoms with van der Waals surface area (Å²) >= 11 is 0. The van der Waals surface area contributed by atoms with Gasteiger partial charge in [0.15, 0.2) is 0 Å². The van der Waals surface area contributed by atoms with Crippen LogP contribution in [0.5, 0.6) is 0 Å². The highest BCUT2D eigenvalue weighted by atomic mass is 31.2. The van der Waals surface area contributed by atoms with Gasteiger partial charge in [0.25, 0.3) is 0 Å². The molecule has 1 rings (SSSR count). The summed E-state index contributed by atoms with van der Waals surface area (Å²) in [6.45, 7) is 15.1. The van der Waals surface area contributed by atoms with Crippen molar-refractivity contribution in [3.05, 3.63) is 0 Å². The summed E-state index contributed by atoms with van der Waals surface area (Å²) in [7, 11) is -10.3.